The third kappa shape index (κ3) is 2.85. The maximum absolute atomic E-state index is 14.7. The minimum Gasteiger partial charge on any atom is -0.493 e. The Morgan fingerprint density at radius 3 is 2.42 bits per heavy atom. The Hall–Kier alpha value is -1.78. The molecule has 0 radical (unpaired) electrons. The molecule has 5 heteroatoms. The molecule has 0 N–H and O–H groups in total. The number of benzene rings is 2. The first-order valence-electron chi connectivity index (χ1n) is 8.99. The van der Waals surface area contributed by atoms with E-state index in [0.29, 0.717) is 28.0 Å². The van der Waals surface area contributed by atoms with Gasteiger partial charge in [0.15, 0.2) is 11.5 Å². The number of halogens is 2. The van der Waals surface area contributed by atoms with Gasteiger partial charge in [-0.15, -0.1) is 0 Å². The molecular formula is C21H22ClFO3. The fourth-order valence-corrected chi connectivity index (χ4v) is 4.57. The largest absolute Gasteiger partial charge is 0.493 e. The predicted molar refractivity (Wildman–Crippen MR) is 98.9 cm³/mol. The molecule has 0 spiro atoms. The molecule has 1 heterocycles. The van der Waals surface area contributed by atoms with Crippen LogP contribution in [0.3, 0.4) is 0 Å². The Kier molecular flexibility index (Phi) is 4.80. The van der Waals surface area contributed by atoms with Gasteiger partial charge in [0.2, 0.25) is 0 Å². The molecular weight excluding hydrogens is 355 g/mol. The second kappa shape index (κ2) is 7.09. The molecule has 0 bridgehead atoms. The molecule has 138 valence electrons. The number of rotatable bonds is 3. The SMILES string of the molecule is COc1cc2c(cc1OC)[C@@H]1CCCC[C@@H]1O[C@@H]2c1c(F)cccc1Cl. The molecule has 2 aliphatic rings. The molecule has 2 aromatic carbocycles. The summed E-state index contributed by atoms with van der Waals surface area (Å²) in [6.07, 6.45) is 3.85. The lowest BCUT2D eigenvalue weighted by atomic mass is 9.75. The summed E-state index contributed by atoms with van der Waals surface area (Å²) in [6, 6.07) is 8.69. The molecule has 3 atom stereocenters. The summed E-state index contributed by atoms with van der Waals surface area (Å²) in [5.74, 6) is 1.25. The lowest BCUT2D eigenvalue weighted by molar-refractivity contribution is -0.0403. The summed E-state index contributed by atoms with van der Waals surface area (Å²) >= 11 is 6.36. The van der Waals surface area contributed by atoms with E-state index < -0.39 is 6.10 Å². The average Bonchev–Trinajstić information content (AvgIpc) is 2.66. The lowest BCUT2D eigenvalue weighted by Gasteiger charge is -2.41. The van der Waals surface area contributed by atoms with Gasteiger partial charge in [0.1, 0.15) is 11.9 Å². The zero-order valence-electron chi connectivity index (χ0n) is 14.9. The summed E-state index contributed by atoms with van der Waals surface area (Å²) in [4.78, 5) is 0. The minimum atomic E-state index is -0.544. The minimum absolute atomic E-state index is 0.0648. The monoisotopic (exact) mass is 376 g/mol. The van der Waals surface area contributed by atoms with Crippen LogP contribution in [-0.2, 0) is 4.74 Å². The third-order valence-electron chi connectivity index (χ3n) is 5.55. The smallest absolute Gasteiger partial charge is 0.161 e. The van der Waals surface area contributed by atoms with E-state index in [0.717, 1.165) is 30.4 Å². The quantitative estimate of drug-likeness (QED) is 0.693. The van der Waals surface area contributed by atoms with Gasteiger partial charge in [-0.25, -0.2) is 4.39 Å². The van der Waals surface area contributed by atoms with Crippen LogP contribution in [0.5, 0.6) is 11.5 Å². The maximum Gasteiger partial charge on any atom is 0.161 e. The second-order valence-electron chi connectivity index (χ2n) is 6.92. The number of hydrogen-bond acceptors (Lipinski definition) is 3. The van der Waals surface area contributed by atoms with Gasteiger partial charge in [0.25, 0.3) is 0 Å². The summed E-state index contributed by atoms with van der Waals surface area (Å²) in [7, 11) is 3.23. The van der Waals surface area contributed by atoms with Crippen molar-refractivity contribution in [1.29, 1.82) is 0 Å². The summed E-state index contributed by atoms with van der Waals surface area (Å²) in [5.41, 5.74) is 2.47. The van der Waals surface area contributed by atoms with Gasteiger partial charge in [0, 0.05) is 16.5 Å². The molecule has 26 heavy (non-hydrogen) atoms. The highest BCUT2D eigenvalue weighted by Gasteiger charge is 2.40. The van der Waals surface area contributed by atoms with Crippen LogP contribution in [0.4, 0.5) is 4.39 Å². The van der Waals surface area contributed by atoms with E-state index in [2.05, 4.69) is 0 Å². The van der Waals surface area contributed by atoms with Gasteiger partial charge < -0.3 is 14.2 Å². The van der Waals surface area contributed by atoms with Crippen molar-refractivity contribution >= 4 is 11.6 Å². The molecule has 0 aromatic heterocycles. The van der Waals surface area contributed by atoms with Crippen molar-refractivity contribution in [3.63, 3.8) is 0 Å². The molecule has 1 aliphatic heterocycles. The first-order chi connectivity index (χ1) is 12.6. The van der Waals surface area contributed by atoms with Crippen LogP contribution in [0.1, 0.15) is 54.4 Å². The van der Waals surface area contributed by atoms with Crippen molar-refractivity contribution in [2.75, 3.05) is 14.2 Å². The van der Waals surface area contributed by atoms with E-state index in [1.54, 1.807) is 26.4 Å². The van der Waals surface area contributed by atoms with Crippen molar-refractivity contribution in [2.45, 2.75) is 43.8 Å². The zero-order valence-corrected chi connectivity index (χ0v) is 15.7. The Bertz CT molecular complexity index is 803. The van der Waals surface area contributed by atoms with Gasteiger partial charge in [-0.05, 0) is 48.2 Å². The molecule has 1 aliphatic carbocycles. The highest BCUT2D eigenvalue weighted by atomic mass is 35.5. The highest BCUT2D eigenvalue weighted by Crippen LogP contribution is 2.50. The molecule has 1 fully saturated rings. The Balaban J connectivity index is 1.92. The van der Waals surface area contributed by atoms with Gasteiger partial charge in [0.05, 0.1) is 20.3 Å². The molecule has 0 amide bonds. The standard InChI is InChI=1S/C21H22ClFO3/c1-24-18-10-13-12-6-3-4-9-17(12)26-21(14(13)11-19(18)25-2)20-15(22)7-5-8-16(20)23/h5,7-8,10-12,17,21H,3-4,6,9H2,1-2H3/t12-,17-,21-/m0/s1. The number of hydrogen-bond donors (Lipinski definition) is 0. The molecule has 1 saturated carbocycles. The number of fused-ring (bicyclic) bond motifs is 3. The fraction of sp³-hybridized carbons (Fsp3) is 0.429. The average molecular weight is 377 g/mol. The van der Waals surface area contributed by atoms with Crippen molar-refractivity contribution < 1.29 is 18.6 Å². The number of ether oxygens (including phenoxy) is 3. The molecule has 2 aromatic rings. The van der Waals surface area contributed by atoms with Crippen LogP contribution in [0, 0.1) is 5.82 Å². The van der Waals surface area contributed by atoms with Gasteiger partial charge >= 0.3 is 0 Å². The van der Waals surface area contributed by atoms with E-state index in [1.165, 1.54) is 12.5 Å². The van der Waals surface area contributed by atoms with E-state index in [-0.39, 0.29) is 11.9 Å². The molecule has 0 saturated heterocycles. The fourth-order valence-electron chi connectivity index (χ4n) is 4.31. The predicted octanol–water partition coefficient (Wildman–Crippen LogP) is 5.64. The number of methoxy groups -OCH3 is 2. The van der Waals surface area contributed by atoms with Crippen LogP contribution >= 0.6 is 11.6 Å². The van der Waals surface area contributed by atoms with E-state index in [1.807, 2.05) is 12.1 Å². The van der Waals surface area contributed by atoms with Crippen molar-refractivity contribution in [1.82, 2.24) is 0 Å². The van der Waals surface area contributed by atoms with Crippen molar-refractivity contribution in [3.05, 3.63) is 57.9 Å². The molecule has 3 nitrogen and oxygen atoms in total. The summed E-state index contributed by atoms with van der Waals surface area (Å²) < 4.78 is 32.1. The topological polar surface area (TPSA) is 27.7 Å². The van der Waals surface area contributed by atoms with Crippen LogP contribution < -0.4 is 9.47 Å². The van der Waals surface area contributed by atoms with E-state index in [4.69, 9.17) is 25.8 Å². The first-order valence-corrected chi connectivity index (χ1v) is 9.37. The van der Waals surface area contributed by atoms with E-state index in [9.17, 15) is 4.39 Å². The van der Waals surface area contributed by atoms with Gasteiger partial charge in [-0.2, -0.15) is 0 Å². The Labute approximate surface area is 158 Å². The summed E-state index contributed by atoms with van der Waals surface area (Å²) in [5, 5.41) is 0.380. The van der Waals surface area contributed by atoms with E-state index >= 15 is 0 Å². The lowest BCUT2D eigenvalue weighted by Crippen LogP contribution is -2.34. The van der Waals surface area contributed by atoms with Crippen LogP contribution in [0.2, 0.25) is 5.02 Å². The maximum atomic E-state index is 14.7. The third-order valence-corrected chi connectivity index (χ3v) is 5.88. The van der Waals surface area contributed by atoms with Crippen molar-refractivity contribution in [2.24, 2.45) is 0 Å². The Morgan fingerprint density at radius 2 is 1.73 bits per heavy atom. The second-order valence-corrected chi connectivity index (χ2v) is 7.32. The normalized spacial score (nSPS) is 24.5. The highest BCUT2D eigenvalue weighted by molar-refractivity contribution is 6.31. The first kappa shape index (κ1) is 17.6. The van der Waals surface area contributed by atoms with Gasteiger partial charge in [-0.3, -0.25) is 0 Å². The molecule has 0 unspecified atom stereocenters. The zero-order chi connectivity index (χ0) is 18.3. The summed E-state index contributed by atoms with van der Waals surface area (Å²) in [6.45, 7) is 0. The van der Waals surface area contributed by atoms with Crippen LogP contribution in [0.15, 0.2) is 30.3 Å². The van der Waals surface area contributed by atoms with Crippen molar-refractivity contribution in [3.8, 4) is 11.5 Å². The Morgan fingerprint density at radius 1 is 1.04 bits per heavy atom. The van der Waals surface area contributed by atoms with Gasteiger partial charge in [-0.1, -0.05) is 30.5 Å². The molecule has 4 rings (SSSR count). The van der Waals surface area contributed by atoms with Crippen LogP contribution in [0.25, 0.3) is 0 Å². The van der Waals surface area contributed by atoms with Crippen LogP contribution in [-0.4, -0.2) is 20.3 Å².